The molecule has 0 aromatic heterocycles. The quantitative estimate of drug-likeness (QED) is 0.726. The molecule has 4 N–H and O–H groups in total. The molecular formula is C12H15FN2O2S. The molecule has 98 valence electrons. The molecule has 0 aliphatic carbocycles. The Hall–Kier alpha value is -1.69. The summed E-state index contributed by atoms with van der Waals surface area (Å²) in [6.45, 7) is 3.76. The van der Waals surface area contributed by atoms with Gasteiger partial charge in [-0.1, -0.05) is 26.1 Å². The van der Waals surface area contributed by atoms with E-state index in [1.807, 2.05) is 0 Å². The largest absolute Gasteiger partial charge is 0.507 e. The van der Waals surface area contributed by atoms with E-state index in [4.69, 9.17) is 18.0 Å². The summed E-state index contributed by atoms with van der Waals surface area (Å²) < 4.78 is 13.0. The van der Waals surface area contributed by atoms with Crippen molar-refractivity contribution in [3.05, 3.63) is 29.6 Å². The predicted molar refractivity (Wildman–Crippen MR) is 71.0 cm³/mol. The van der Waals surface area contributed by atoms with Crippen LogP contribution in [0.2, 0.25) is 0 Å². The number of carbonyl (C=O) groups is 1. The van der Waals surface area contributed by atoms with Crippen LogP contribution in [0.3, 0.4) is 0 Å². The third kappa shape index (κ3) is 3.40. The molecule has 0 radical (unpaired) electrons. The van der Waals surface area contributed by atoms with E-state index >= 15 is 0 Å². The number of amides is 1. The molecule has 0 saturated carbocycles. The lowest BCUT2D eigenvalue weighted by Crippen LogP contribution is -2.41. The number of rotatable bonds is 4. The van der Waals surface area contributed by atoms with Gasteiger partial charge in [0, 0.05) is 12.0 Å². The van der Waals surface area contributed by atoms with Gasteiger partial charge in [0.1, 0.15) is 11.6 Å². The van der Waals surface area contributed by atoms with Crippen LogP contribution in [0.4, 0.5) is 4.39 Å². The molecule has 1 rings (SSSR count). The first kappa shape index (κ1) is 14.4. The molecule has 1 aromatic carbocycles. The number of benzene rings is 1. The third-order valence-corrected chi connectivity index (χ3v) is 3.11. The number of hydrogen-bond donors (Lipinski definition) is 3. The molecule has 0 aliphatic heterocycles. The lowest BCUT2D eigenvalue weighted by molar-refractivity contribution is 0.0942. The van der Waals surface area contributed by atoms with Gasteiger partial charge < -0.3 is 16.2 Å². The molecule has 1 aromatic rings. The van der Waals surface area contributed by atoms with E-state index in [9.17, 15) is 14.3 Å². The van der Waals surface area contributed by atoms with Gasteiger partial charge in [-0.15, -0.1) is 0 Å². The second-order valence-electron chi connectivity index (χ2n) is 4.59. The van der Waals surface area contributed by atoms with Crippen molar-refractivity contribution in [2.45, 2.75) is 13.8 Å². The fraction of sp³-hybridized carbons (Fsp3) is 0.333. The summed E-state index contributed by atoms with van der Waals surface area (Å²) >= 11 is 4.86. The Kier molecular flexibility index (Phi) is 4.24. The highest BCUT2D eigenvalue weighted by atomic mass is 32.1. The molecule has 1 amide bonds. The number of hydrogen-bond acceptors (Lipinski definition) is 3. The maximum Gasteiger partial charge on any atom is 0.255 e. The molecule has 0 unspecified atom stereocenters. The van der Waals surface area contributed by atoms with Crippen LogP contribution < -0.4 is 11.1 Å². The number of aromatic hydroxyl groups is 1. The van der Waals surface area contributed by atoms with Crippen LogP contribution in [-0.2, 0) is 0 Å². The number of phenolic OH excluding ortho intramolecular Hbond substituents is 1. The van der Waals surface area contributed by atoms with Gasteiger partial charge in [-0.25, -0.2) is 4.39 Å². The highest BCUT2D eigenvalue weighted by Crippen LogP contribution is 2.19. The van der Waals surface area contributed by atoms with Crippen LogP contribution in [-0.4, -0.2) is 22.5 Å². The summed E-state index contributed by atoms with van der Waals surface area (Å²) in [7, 11) is 0. The van der Waals surface area contributed by atoms with E-state index in [1.165, 1.54) is 0 Å². The van der Waals surface area contributed by atoms with E-state index < -0.39 is 17.1 Å². The minimum Gasteiger partial charge on any atom is -0.507 e. The molecule has 18 heavy (non-hydrogen) atoms. The Morgan fingerprint density at radius 1 is 1.56 bits per heavy atom. The number of phenols is 1. The molecular weight excluding hydrogens is 255 g/mol. The van der Waals surface area contributed by atoms with Crippen LogP contribution >= 0.6 is 12.2 Å². The second-order valence-corrected chi connectivity index (χ2v) is 5.03. The van der Waals surface area contributed by atoms with Crippen molar-refractivity contribution >= 4 is 23.1 Å². The summed E-state index contributed by atoms with van der Waals surface area (Å²) in [6.07, 6.45) is 0. The Labute approximate surface area is 110 Å². The van der Waals surface area contributed by atoms with Crippen molar-refractivity contribution < 1.29 is 14.3 Å². The average Bonchev–Trinajstić information content (AvgIpc) is 2.29. The normalized spacial score (nSPS) is 11.1. The summed E-state index contributed by atoms with van der Waals surface area (Å²) in [5, 5.41) is 12.0. The highest BCUT2D eigenvalue weighted by Gasteiger charge is 2.23. The second kappa shape index (κ2) is 5.30. The maximum atomic E-state index is 13.0. The van der Waals surface area contributed by atoms with Gasteiger partial charge in [0.15, 0.2) is 0 Å². The van der Waals surface area contributed by atoms with Crippen molar-refractivity contribution in [3.8, 4) is 5.75 Å². The van der Waals surface area contributed by atoms with Gasteiger partial charge in [-0.3, -0.25) is 4.79 Å². The van der Waals surface area contributed by atoms with Gasteiger partial charge in [0.25, 0.3) is 5.91 Å². The van der Waals surface area contributed by atoms with Gasteiger partial charge in [-0.2, -0.15) is 0 Å². The van der Waals surface area contributed by atoms with Crippen LogP contribution in [0.25, 0.3) is 0 Å². The first-order valence-electron chi connectivity index (χ1n) is 5.30. The van der Waals surface area contributed by atoms with Crippen LogP contribution in [0.5, 0.6) is 5.75 Å². The first-order chi connectivity index (χ1) is 8.24. The smallest absolute Gasteiger partial charge is 0.255 e. The number of nitrogens with two attached hydrogens (primary N) is 1. The topological polar surface area (TPSA) is 75.3 Å². The van der Waals surface area contributed by atoms with Crippen LogP contribution in [0, 0.1) is 11.2 Å². The standard InChI is InChI=1S/C12H15FN2O2S/c1-12(2,11(14)18)6-15-10(17)8-5-7(13)3-4-9(8)16/h3-5,16H,6H2,1-2H3,(H2,14,18)(H,15,17). The van der Waals surface area contributed by atoms with Crippen molar-refractivity contribution in [3.63, 3.8) is 0 Å². The Morgan fingerprint density at radius 3 is 2.72 bits per heavy atom. The maximum absolute atomic E-state index is 13.0. The van der Waals surface area contributed by atoms with Crippen LogP contribution in [0.1, 0.15) is 24.2 Å². The summed E-state index contributed by atoms with van der Waals surface area (Å²) in [5.74, 6) is -1.44. The van der Waals surface area contributed by atoms with Gasteiger partial charge in [0.05, 0.1) is 10.6 Å². The number of thiocarbonyl (C=S) groups is 1. The Morgan fingerprint density at radius 2 is 2.17 bits per heavy atom. The first-order valence-corrected chi connectivity index (χ1v) is 5.71. The molecule has 0 heterocycles. The third-order valence-electron chi connectivity index (χ3n) is 2.56. The lowest BCUT2D eigenvalue weighted by Gasteiger charge is -2.23. The predicted octanol–water partition coefficient (Wildman–Crippen LogP) is 1.57. The van der Waals surface area contributed by atoms with E-state index in [0.29, 0.717) is 0 Å². The van der Waals surface area contributed by atoms with Gasteiger partial charge >= 0.3 is 0 Å². The molecule has 0 saturated heterocycles. The van der Waals surface area contributed by atoms with E-state index in [-0.39, 0.29) is 22.8 Å². The minimum atomic E-state index is -0.591. The lowest BCUT2D eigenvalue weighted by atomic mass is 9.93. The fourth-order valence-electron chi connectivity index (χ4n) is 1.17. The monoisotopic (exact) mass is 270 g/mol. The molecule has 6 heteroatoms. The van der Waals surface area contributed by atoms with Crippen molar-refractivity contribution in [1.82, 2.24) is 5.32 Å². The zero-order valence-electron chi connectivity index (χ0n) is 10.2. The van der Waals surface area contributed by atoms with Crippen molar-refractivity contribution in [2.24, 2.45) is 11.1 Å². The molecule has 0 fully saturated rings. The van der Waals surface area contributed by atoms with Crippen LogP contribution in [0.15, 0.2) is 18.2 Å². The summed E-state index contributed by atoms with van der Waals surface area (Å²) in [5.41, 5.74) is 4.86. The average molecular weight is 270 g/mol. The number of carbonyl (C=O) groups excluding carboxylic acids is 1. The molecule has 0 spiro atoms. The van der Waals surface area contributed by atoms with Gasteiger partial charge in [-0.05, 0) is 18.2 Å². The van der Waals surface area contributed by atoms with E-state index in [2.05, 4.69) is 5.32 Å². The Bertz CT molecular complexity index is 489. The van der Waals surface area contributed by atoms with Gasteiger partial charge in [0.2, 0.25) is 0 Å². The molecule has 4 nitrogen and oxygen atoms in total. The molecule has 0 aliphatic rings. The minimum absolute atomic E-state index is 0.117. The van der Waals surface area contributed by atoms with E-state index in [1.54, 1.807) is 13.8 Å². The molecule has 0 atom stereocenters. The summed E-state index contributed by atoms with van der Waals surface area (Å²) in [6, 6.07) is 3.17. The van der Waals surface area contributed by atoms with E-state index in [0.717, 1.165) is 18.2 Å². The number of nitrogens with one attached hydrogen (secondary N) is 1. The zero-order valence-corrected chi connectivity index (χ0v) is 11.0. The van der Waals surface area contributed by atoms with Crippen molar-refractivity contribution in [2.75, 3.05) is 6.54 Å². The van der Waals surface area contributed by atoms with Crippen molar-refractivity contribution in [1.29, 1.82) is 0 Å². The number of halogens is 1. The fourth-order valence-corrected chi connectivity index (χ4v) is 1.25. The zero-order chi connectivity index (χ0) is 13.9. The highest BCUT2D eigenvalue weighted by molar-refractivity contribution is 7.80. The SMILES string of the molecule is CC(C)(CNC(=O)c1cc(F)ccc1O)C(N)=S. The Balaban J connectivity index is 2.78. The summed E-state index contributed by atoms with van der Waals surface area (Å²) in [4.78, 5) is 12.0. The molecule has 0 bridgehead atoms.